The molecular formula is C16H20BrNS. The Morgan fingerprint density at radius 1 is 1.21 bits per heavy atom. The number of halogens is 1. The van der Waals surface area contributed by atoms with Gasteiger partial charge in [0.15, 0.2) is 0 Å². The zero-order valence-electron chi connectivity index (χ0n) is 11.7. The van der Waals surface area contributed by atoms with Crippen LogP contribution in [0.15, 0.2) is 34.1 Å². The van der Waals surface area contributed by atoms with Gasteiger partial charge in [-0.2, -0.15) is 0 Å². The Morgan fingerprint density at radius 2 is 1.95 bits per heavy atom. The van der Waals surface area contributed by atoms with Crippen LogP contribution in [0, 0.1) is 6.92 Å². The number of thiophene rings is 1. The second-order valence-electron chi connectivity index (χ2n) is 4.61. The molecule has 1 heterocycles. The molecule has 0 aliphatic rings. The van der Waals surface area contributed by atoms with Crippen LogP contribution in [0.1, 0.15) is 41.5 Å². The number of nitrogens with one attached hydrogen (secondary N) is 1. The fraction of sp³-hybridized carbons (Fsp3) is 0.375. The molecular weight excluding hydrogens is 318 g/mol. The molecule has 1 aromatic carbocycles. The van der Waals surface area contributed by atoms with E-state index in [-0.39, 0.29) is 0 Å². The first-order valence-electron chi connectivity index (χ1n) is 6.74. The maximum absolute atomic E-state index is 3.63. The summed E-state index contributed by atoms with van der Waals surface area (Å²) in [5.74, 6) is 0. The van der Waals surface area contributed by atoms with Crippen molar-refractivity contribution in [3.8, 4) is 0 Å². The number of hydrogen-bond acceptors (Lipinski definition) is 2. The van der Waals surface area contributed by atoms with Crippen LogP contribution in [0.2, 0.25) is 0 Å². The predicted molar refractivity (Wildman–Crippen MR) is 88.1 cm³/mol. The third-order valence-electron chi connectivity index (χ3n) is 3.39. The number of aryl methyl sites for hydroxylation is 2. The Hall–Kier alpha value is -0.640. The molecule has 0 saturated heterocycles. The van der Waals surface area contributed by atoms with E-state index in [1.54, 1.807) is 0 Å². The molecule has 1 aromatic heterocycles. The van der Waals surface area contributed by atoms with Gasteiger partial charge in [-0.15, -0.1) is 11.3 Å². The predicted octanol–water partition coefficient (Wildman–Crippen LogP) is 5.08. The van der Waals surface area contributed by atoms with Gasteiger partial charge in [-0.3, -0.25) is 0 Å². The Balaban J connectivity index is 2.48. The third kappa shape index (κ3) is 3.28. The fourth-order valence-electron chi connectivity index (χ4n) is 2.47. The van der Waals surface area contributed by atoms with E-state index in [2.05, 4.69) is 72.3 Å². The highest BCUT2D eigenvalue weighted by atomic mass is 79.9. The molecule has 19 heavy (non-hydrogen) atoms. The molecule has 0 spiro atoms. The maximum Gasteiger partial charge on any atom is 0.0704 e. The summed E-state index contributed by atoms with van der Waals surface area (Å²) in [6.45, 7) is 7.55. The lowest BCUT2D eigenvalue weighted by Crippen LogP contribution is -2.23. The molecule has 102 valence electrons. The summed E-state index contributed by atoms with van der Waals surface area (Å²) in [7, 11) is 0. The average Bonchev–Trinajstić information content (AvgIpc) is 2.75. The van der Waals surface area contributed by atoms with Crippen molar-refractivity contribution in [2.24, 2.45) is 0 Å². The van der Waals surface area contributed by atoms with E-state index in [1.165, 1.54) is 25.4 Å². The standard InChI is InChI=1S/C16H20BrNS/c1-4-12-8-6-7-9-13(12)16(18-5-2)14-10-15(17)19-11(14)3/h6-10,16,18H,4-5H2,1-3H3. The van der Waals surface area contributed by atoms with Crippen LogP contribution in [-0.4, -0.2) is 6.54 Å². The molecule has 0 aliphatic carbocycles. The van der Waals surface area contributed by atoms with Crippen molar-refractivity contribution >= 4 is 27.3 Å². The zero-order chi connectivity index (χ0) is 13.8. The first-order chi connectivity index (χ1) is 9.17. The maximum atomic E-state index is 3.63. The Bertz CT molecular complexity index is 547. The van der Waals surface area contributed by atoms with Gasteiger partial charge in [0.1, 0.15) is 0 Å². The summed E-state index contributed by atoms with van der Waals surface area (Å²) in [4.78, 5) is 1.38. The molecule has 0 radical (unpaired) electrons. The normalized spacial score (nSPS) is 12.6. The van der Waals surface area contributed by atoms with Crippen molar-refractivity contribution in [2.75, 3.05) is 6.54 Å². The molecule has 1 unspecified atom stereocenters. The van der Waals surface area contributed by atoms with Crippen molar-refractivity contribution in [3.05, 3.63) is 55.7 Å². The third-order valence-corrected chi connectivity index (χ3v) is 4.96. The first-order valence-corrected chi connectivity index (χ1v) is 8.35. The van der Waals surface area contributed by atoms with Gasteiger partial charge in [-0.1, -0.05) is 38.1 Å². The van der Waals surface area contributed by atoms with Gasteiger partial charge < -0.3 is 5.32 Å². The van der Waals surface area contributed by atoms with E-state index < -0.39 is 0 Å². The Labute approximate surface area is 128 Å². The van der Waals surface area contributed by atoms with Crippen LogP contribution in [-0.2, 0) is 6.42 Å². The van der Waals surface area contributed by atoms with E-state index in [4.69, 9.17) is 0 Å². The van der Waals surface area contributed by atoms with Gasteiger partial charge in [0.25, 0.3) is 0 Å². The number of hydrogen-bond donors (Lipinski definition) is 1. The second-order valence-corrected chi connectivity index (χ2v) is 7.24. The van der Waals surface area contributed by atoms with E-state index in [0.717, 1.165) is 13.0 Å². The van der Waals surface area contributed by atoms with Gasteiger partial charge >= 0.3 is 0 Å². The fourth-order valence-corrected chi connectivity index (χ4v) is 4.22. The molecule has 1 atom stereocenters. The smallest absolute Gasteiger partial charge is 0.0704 e. The lowest BCUT2D eigenvalue weighted by Gasteiger charge is -2.21. The highest BCUT2D eigenvalue weighted by Gasteiger charge is 2.19. The molecule has 1 N–H and O–H groups in total. The largest absolute Gasteiger partial charge is 0.306 e. The van der Waals surface area contributed by atoms with Crippen molar-refractivity contribution < 1.29 is 0 Å². The van der Waals surface area contributed by atoms with Gasteiger partial charge in [0.05, 0.1) is 9.83 Å². The van der Waals surface area contributed by atoms with Crippen LogP contribution in [0.3, 0.4) is 0 Å². The summed E-state index contributed by atoms with van der Waals surface area (Å²) < 4.78 is 1.21. The van der Waals surface area contributed by atoms with Crippen LogP contribution in [0.5, 0.6) is 0 Å². The van der Waals surface area contributed by atoms with Crippen LogP contribution in [0.25, 0.3) is 0 Å². The topological polar surface area (TPSA) is 12.0 Å². The minimum atomic E-state index is 0.295. The van der Waals surface area contributed by atoms with Crippen molar-refractivity contribution in [3.63, 3.8) is 0 Å². The molecule has 2 rings (SSSR count). The van der Waals surface area contributed by atoms with E-state index in [0.29, 0.717) is 6.04 Å². The first kappa shape index (κ1) is 14.8. The highest BCUT2D eigenvalue weighted by molar-refractivity contribution is 9.11. The van der Waals surface area contributed by atoms with Gasteiger partial charge in [-0.25, -0.2) is 0 Å². The molecule has 1 nitrogen and oxygen atoms in total. The minimum Gasteiger partial charge on any atom is -0.306 e. The lowest BCUT2D eigenvalue weighted by molar-refractivity contribution is 0.625. The van der Waals surface area contributed by atoms with Gasteiger partial charge in [0.2, 0.25) is 0 Å². The number of benzene rings is 1. The monoisotopic (exact) mass is 337 g/mol. The lowest BCUT2D eigenvalue weighted by atomic mass is 9.93. The van der Waals surface area contributed by atoms with Crippen molar-refractivity contribution in [2.45, 2.75) is 33.2 Å². The summed E-state index contributed by atoms with van der Waals surface area (Å²) in [6.07, 6.45) is 1.07. The molecule has 2 aromatic rings. The van der Waals surface area contributed by atoms with E-state index >= 15 is 0 Å². The van der Waals surface area contributed by atoms with Crippen molar-refractivity contribution in [1.29, 1.82) is 0 Å². The average molecular weight is 338 g/mol. The minimum absolute atomic E-state index is 0.295. The summed E-state index contributed by atoms with van der Waals surface area (Å²) >= 11 is 5.41. The molecule has 0 aliphatic heterocycles. The van der Waals surface area contributed by atoms with E-state index in [1.807, 2.05) is 11.3 Å². The quantitative estimate of drug-likeness (QED) is 0.802. The second kappa shape index (κ2) is 6.69. The summed E-state index contributed by atoms with van der Waals surface area (Å²) in [5.41, 5.74) is 4.22. The molecule has 0 fully saturated rings. The van der Waals surface area contributed by atoms with Crippen LogP contribution < -0.4 is 5.32 Å². The Kier molecular flexibility index (Phi) is 5.20. The molecule has 3 heteroatoms. The Morgan fingerprint density at radius 3 is 2.53 bits per heavy atom. The van der Waals surface area contributed by atoms with Crippen LogP contribution >= 0.6 is 27.3 Å². The van der Waals surface area contributed by atoms with Gasteiger partial charge in [-0.05, 0) is 58.6 Å². The molecule has 0 saturated carbocycles. The van der Waals surface area contributed by atoms with Gasteiger partial charge in [0, 0.05) is 4.88 Å². The SMILES string of the molecule is CCNC(c1ccccc1CC)c1cc(Br)sc1C. The van der Waals surface area contributed by atoms with Crippen molar-refractivity contribution in [1.82, 2.24) is 5.32 Å². The molecule has 0 amide bonds. The summed E-state index contributed by atoms with van der Waals surface area (Å²) in [6, 6.07) is 11.3. The number of rotatable bonds is 5. The highest BCUT2D eigenvalue weighted by Crippen LogP contribution is 2.34. The van der Waals surface area contributed by atoms with Crippen LogP contribution in [0.4, 0.5) is 0 Å². The summed E-state index contributed by atoms with van der Waals surface area (Å²) in [5, 5.41) is 3.63. The zero-order valence-corrected chi connectivity index (χ0v) is 14.1. The molecule has 0 bridgehead atoms. The van der Waals surface area contributed by atoms with E-state index in [9.17, 15) is 0 Å².